The van der Waals surface area contributed by atoms with Crippen molar-refractivity contribution in [2.45, 2.75) is 0 Å². The Balaban J connectivity index is 2.96. The summed E-state index contributed by atoms with van der Waals surface area (Å²) in [4.78, 5) is 3.83. The lowest BCUT2D eigenvalue weighted by Gasteiger charge is -1.95. The SMILES string of the molecule is Oc1cnc(Br)n2cnnc12. The fourth-order valence-corrected chi connectivity index (χ4v) is 1.14. The van der Waals surface area contributed by atoms with Gasteiger partial charge in [0.15, 0.2) is 10.5 Å². The van der Waals surface area contributed by atoms with Crippen LogP contribution in [0, 0.1) is 0 Å². The Bertz CT molecular complexity index is 362. The first-order valence-electron chi connectivity index (χ1n) is 2.82. The molecule has 56 valence electrons. The number of nitrogens with zero attached hydrogens (tertiary/aromatic N) is 4. The smallest absolute Gasteiger partial charge is 0.206 e. The van der Waals surface area contributed by atoms with Crippen LogP contribution in [0.4, 0.5) is 0 Å². The molecule has 0 aromatic carbocycles. The number of hydrogen-bond acceptors (Lipinski definition) is 4. The predicted molar refractivity (Wildman–Crippen MR) is 40.1 cm³/mol. The van der Waals surface area contributed by atoms with Crippen molar-refractivity contribution in [3.8, 4) is 5.75 Å². The van der Waals surface area contributed by atoms with E-state index in [0.717, 1.165) is 0 Å². The predicted octanol–water partition coefficient (Wildman–Crippen LogP) is 0.592. The van der Waals surface area contributed by atoms with Gasteiger partial charge in [0.2, 0.25) is 5.65 Å². The Hall–Kier alpha value is -1.17. The van der Waals surface area contributed by atoms with Gasteiger partial charge in [-0.2, -0.15) is 0 Å². The van der Waals surface area contributed by atoms with E-state index in [-0.39, 0.29) is 5.75 Å². The van der Waals surface area contributed by atoms with Crippen molar-refractivity contribution in [2.24, 2.45) is 0 Å². The van der Waals surface area contributed by atoms with Crippen molar-refractivity contribution in [2.75, 3.05) is 0 Å². The summed E-state index contributed by atoms with van der Waals surface area (Å²) in [6.45, 7) is 0. The van der Waals surface area contributed by atoms with Crippen LogP contribution in [-0.2, 0) is 0 Å². The van der Waals surface area contributed by atoms with Crippen LogP contribution in [-0.4, -0.2) is 24.7 Å². The van der Waals surface area contributed by atoms with Crippen molar-refractivity contribution >= 4 is 21.6 Å². The summed E-state index contributed by atoms with van der Waals surface area (Å²) >= 11 is 3.17. The fraction of sp³-hybridized carbons (Fsp3) is 0. The monoisotopic (exact) mass is 214 g/mol. The zero-order valence-electron chi connectivity index (χ0n) is 5.27. The van der Waals surface area contributed by atoms with Crippen LogP contribution in [0.25, 0.3) is 5.65 Å². The van der Waals surface area contributed by atoms with Crippen LogP contribution >= 0.6 is 15.9 Å². The summed E-state index contributed by atoms with van der Waals surface area (Å²) in [6.07, 6.45) is 2.78. The summed E-state index contributed by atoms with van der Waals surface area (Å²) in [5.41, 5.74) is 0.395. The average Bonchev–Trinajstić information content (AvgIpc) is 2.45. The van der Waals surface area contributed by atoms with Crippen LogP contribution in [0.1, 0.15) is 0 Å². The van der Waals surface area contributed by atoms with E-state index in [1.165, 1.54) is 16.9 Å². The van der Waals surface area contributed by atoms with E-state index in [9.17, 15) is 5.11 Å². The minimum atomic E-state index is 0.0192. The summed E-state index contributed by atoms with van der Waals surface area (Å²) < 4.78 is 2.10. The number of aromatic hydroxyl groups is 1. The highest BCUT2D eigenvalue weighted by molar-refractivity contribution is 9.10. The molecule has 2 aromatic heterocycles. The third kappa shape index (κ3) is 0.864. The van der Waals surface area contributed by atoms with Crippen molar-refractivity contribution < 1.29 is 5.11 Å². The molecule has 0 atom stereocenters. The molecule has 11 heavy (non-hydrogen) atoms. The Kier molecular flexibility index (Phi) is 1.28. The largest absolute Gasteiger partial charge is 0.503 e. The second kappa shape index (κ2) is 2.16. The summed E-state index contributed by atoms with van der Waals surface area (Å²) in [5.74, 6) is 0.0192. The highest BCUT2D eigenvalue weighted by Gasteiger charge is 2.04. The molecular formula is C5H3BrN4O. The maximum absolute atomic E-state index is 9.18. The molecule has 5 nitrogen and oxygen atoms in total. The number of aromatic nitrogens is 4. The Morgan fingerprint density at radius 1 is 1.55 bits per heavy atom. The highest BCUT2D eigenvalue weighted by Crippen LogP contribution is 2.17. The lowest BCUT2D eigenvalue weighted by Crippen LogP contribution is -1.88. The summed E-state index contributed by atoms with van der Waals surface area (Å²) in [5, 5.41) is 16.5. The zero-order chi connectivity index (χ0) is 7.84. The second-order valence-electron chi connectivity index (χ2n) is 1.94. The molecule has 0 radical (unpaired) electrons. The minimum absolute atomic E-state index is 0.0192. The highest BCUT2D eigenvalue weighted by atomic mass is 79.9. The third-order valence-corrected chi connectivity index (χ3v) is 1.86. The van der Waals surface area contributed by atoms with E-state index in [1.807, 2.05) is 0 Å². The quantitative estimate of drug-likeness (QED) is 0.653. The molecule has 2 rings (SSSR count). The van der Waals surface area contributed by atoms with E-state index >= 15 is 0 Å². The fourth-order valence-electron chi connectivity index (χ4n) is 0.779. The number of hydrogen-bond donors (Lipinski definition) is 1. The maximum Gasteiger partial charge on any atom is 0.206 e. The van der Waals surface area contributed by atoms with E-state index in [1.54, 1.807) is 0 Å². The van der Waals surface area contributed by atoms with Crippen LogP contribution in [0.3, 0.4) is 0 Å². The third-order valence-electron chi connectivity index (χ3n) is 1.27. The van der Waals surface area contributed by atoms with E-state index < -0.39 is 0 Å². The van der Waals surface area contributed by atoms with Crippen LogP contribution in [0.5, 0.6) is 5.75 Å². The second-order valence-corrected chi connectivity index (χ2v) is 2.65. The van der Waals surface area contributed by atoms with E-state index in [4.69, 9.17) is 0 Å². The van der Waals surface area contributed by atoms with Gasteiger partial charge < -0.3 is 5.11 Å². The lowest BCUT2D eigenvalue weighted by molar-refractivity contribution is 0.474. The Morgan fingerprint density at radius 3 is 3.09 bits per heavy atom. The van der Waals surface area contributed by atoms with Gasteiger partial charge in [-0.3, -0.25) is 4.40 Å². The molecule has 0 spiro atoms. The van der Waals surface area contributed by atoms with Gasteiger partial charge in [-0.25, -0.2) is 4.98 Å². The normalized spacial score (nSPS) is 10.6. The molecule has 2 aromatic rings. The molecule has 0 aliphatic heterocycles. The summed E-state index contributed by atoms with van der Waals surface area (Å²) in [6, 6.07) is 0. The molecule has 0 aliphatic carbocycles. The zero-order valence-corrected chi connectivity index (χ0v) is 6.85. The van der Waals surface area contributed by atoms with E-state index in [2.05, 4.69) is 31.1 Å². The van der Waals surface area contributed by atoms with Gasteiger partial charge in [0.25, 0.3) is 0 Å². The first-order chi connectivity index (χ1) is 5.29. The van der Waals surface area contributed by atoms with Gasteiger partial charge in [0.05, 0.1) is 6.20 Å². The first kappa shape index (κ1) is 6.53. The van der Waals surface area contributed by atoms with Gasteiger partial charge in [-0.1, -0.05) is 0 Å². The molecule has 0 aliphatic rings. The summed E-state index contributed by atoms with van der Waals surface area (Å²) in [7, 11) is 0. The van der Waals surface area contributed by atoms with Crippen molar-refractivity contribution in [1.29, 1.82) is 0 Å². The van der Waals surface area contributed by atoms with Crippen LogP contribution < -0.4 is 0 Å². The molecule has 0 saturated heterocycles. The molecule has 0 amide bonds. The standard InChI is InChI=1S/C5H3BrN4O/c6-5-7-1-3(11)4-9-8-2-10(4)5/h1-2,11H. The average molecular weight is 215 g/mol. The van der Waals surface area contributed by atoms with Gasteiger partial charge in [0, 0.05) is 0 Å². The Morgan fingerprint density at radius 2 is 2.36 bits per heavy atom. The van der Waals surface area contributed by atoms with Crippen LogP contribution in [0.2, 0.25) is 0 Å². The molecule has 0 saturated carbocycles. The molecule has 0 bridgehead atoms. The molecular weight excluding hydrogens is 212 g/mol. The molecule has 0 fully saturated rings. The number of fused-ring (bicyclic) bond motifs is 1. The van der Waals surface area contributed by atoms with Gasteiger partial charge >= 0.3 is 0 Å². The van der Waals surface area contributed by atoms with Gasteiger partial charge in [-0.05, 0) is 15.9 Å². The van der Waals surface area contributed by atoms with Crippen LogP contribution in [0.15, 0.2) is 17.3 Å². The minimum Gasteiger partial charge on any atom is -0.503 e. The molecule has 6 heteroatoms. The molecule has 1 N–H and O–H groups in total. The topological polar surface area (TPSA) is 63.3 Å². The molecule has 2 heterocycles. The van der Waals surface area contributed by atoms with Crippen molar-refractivity contribution in [1.82, 2.24) is 19.6 Å². The number of halogens is 1. The first-order valence-corrected chi connectivity index (χ1v) is 3.61. The van der Waals surface area contributed by atoms with Crippen molar-refractivity contribution in [3.63, 3.8) is 0 Å². The maximum atomic E-state index is 9.18. The Labute approximate surface area is 69.8 Å². The lowest BCUT2D eigenvalue weighted by atomic mass is 10.6. The van der Waals surface area contributed by atoms with E-state index in [0.29, 0.717) is 10.4 Å². The number of rotatable bonds is 0. The molecule has 0 unspecified atom stereocenters. The van der Waals surface area contributed by atoms with Gasteiger partial charge in [-0.15, -0.1) is 10.2 Å². The van der Waals surface area contributed by atoms with Gasteiger partial charge in [0.1, 0.15) is 6.33 Å². The van der Waals surface area contributed by atoms with Crippen molar-refractivity contribution in [3.05, 3.63) is 17.3 Å².